The smallest absolute Gasteiger partial charge is 0.381 e. The summed E-state index contributed by atoms with van der Waals surface area (Å²) in [5.41, 5.74) is 1.96. The number of hydrogen-bond acceptors (Lipinski definition) is 6. The van der Waals surface area contributed by atoms with Gasteiger partial charge in [0.05, 0.1) is 31.4 Å². The molecule has 4 heterocycles. The number of halogens is 3. The van der Waals surface area contributed by atoms with E-state index in [1.54, 1.807) is 4.57 Å². The largest absolute Gasteiger partial charge is 0.417 e. The van der Waals surface area contributed by atoms with Crippen LogP contribution in [-0.4, -0.2) is 56.3 Å². The molecule has 11 heteroatoms. The number of imidazole rings is 1. The normalized spacial score (nSPS) is 18.9. The summed E-state index contributed by atoms with van der Waals surface area (Å²) >= 11 is 0. The summed E-state index contributed by atoms with van der Waals surface area (Å²) in [6, 6.07) is 8.97. The first-order valence-corrected chi connectivity index (χ1v) is 10.6. The van der Waals surface area contributed by atoms with Gasteiger partial charge in [-0.3, -0.25) is 4.79 Å². The van der Waals surface area contributed by atoms with Crippen LogP contribution < -0.4 is 5.32 Å². The van der Waals surface area contributed by atoms with Gasteiger partial charge in [0.1, 0.15) is 11.3 Å². The van der Waals surface area contributed by atoms with Crippen LogP contribution in [0.25, 0.3) is 11.2 Å². The van der Waals surface area contributed by atoms with Crippen molar-refractivity contribution in [3.8, 4) is 0 Å². The van der Waals surface area contributed by atoms with Crippen molar-refractivity contribution >= 4 is 17.1 Å². The van der Waals surface area contributed by atoms with E-state index in [1.165, 1.54) is 10.5 Å². The fraction of sp³-hybridized carbons (Fsp3) is 0.409. The minimum Gasteiger partial charge on any atom is -0.381 e. The third-order valence-electron chi connectivity index (χ3n) is 6.04. The summed E-state index contributed by atoms with van der Waals surface area (Å²) < 4.78 is 46.2. The maximum Gasteiger partial charge on any atom is 0.417 e. The Morgan fingerprint density at radius 3 is 2.94 bits per heavy atom. The molecule has 0 saturated carbocycles. The van der Waals surface area contributed by atoms with Crippen molar-refractivity contribution in [3.63, 3.8) is 0 Å². The lowest BCUT2D eigenvalue weighted by atomic mass is 10.1. The lowest BCUT2D eigenvalue weighted by Crippen LogP contribution is -2.45. The van der Waals surface area contributed by atoms with Gasteiger partial charge in [-0.2, -0.15) is 13.2 Å². The molecule has 0 fully saturated rings. The molecule has 0 radical (unpaired) electrons. The van der Waals surface area contributed by atoms with Gasteiger partial charge in [0.15, 0.2) is 11.8 Å². The van der Waals surface area contributed by atoms with E-state index >= 15 is 0 Å². The molecule has 2 aromatic heterocycles. The molecule has 0 saturated heterocycles. The van der Waals surface area contributed by atoms with Gasteiger partial charge in [-0.25, -0.2) is 9.97 Å². The number of benzene rings is 1. The topological polar surface area (TPSA) is 92.5 Å². The molecule has 8 nitrogen and oxygen atoms in total. The molecule has 1 aromatic carbocycles. The highest BCUT2D eigenvalue weighted by Crippen LogP contribution is 2.31. The van der Waals surface area contributed by atoms with E-state index < -0.39 is 23.8 Å². The summed E-state index contributed by atoms with van der Waals surface area (Å²) in [6.07, 6.45) is -5.06. The summed E-state index contributed by atoms with van der Waals surface area (Å²) in [7, 11) is 0. The van der Waals surface area contributed by atoms with Crippen molar-refractivity contribution in [2.75, 3.05) is 19.8 Å². The molecule has 2 atom stereocenters. The molecule has 2 aliphatic rings. The van der Waals surface area contributed by atoms with E-state index in [2.05, 4.69) is 15.3 Å². The summed E-state index contributed by atoms with van der Waals surface area (Å²) in [6.45, 7) is 1.61. The minimum atomic E-state index is -4.51. The second-order valence-corrected chi connectivity index (χ2v) is 8.19. The van der Waals surface area contributed by atoms with E-state index in [-0.39, 0.29) is 31.3 Å². The van der Waals surface area contributed by atoms with Gasteiger partial charge in [0.2, 0.25) is 0 Å². The second-order valence-electron chi connectivity index (χ2n) is 8.19. The summed E-state index contributed by atoms with van der Waals surface area (Å²) in [4.78, 5) is 22.3. The van der Waals surface area contributed by atoms with Crippen LogP contribution in [0.1, 0.15) is 28.6 Å². The first-order valence-electron chi connectivity index (χ1n) is 10.6. The van der Waals surface area contributed by atoms with Crippen molar-refractivity contribution < 1.29 is 27.8 Å². The van der Waals surface area contributed by atoms with Crippen LogP contribution in [0.4, 0.5) is 13.2 Å². The van der Waals surface area contributed by atoms with E-state index in [1.807, 2.05) is 24.3 Å². The number of rotatable bonds is 5. The van der Waals surface area contributed by atoms with Gasteiger partial charge in [-0.15, -0.1) is 0 Å². The molecule has 2 unspecified atom stereocenters. The zero-order valence-electron chi connectivity index (χ0n) is 17.5. The average molecular weight is 461 g/mol. The van der Waals surface area contributed by atoms with Gasteiger partial charge in [-0.1, -0.05) is 24.3 Å². The number of aromatic nitrogens is 3. The van der Waals surface area contributed by atoms with Crippen LogP contribution in [0.2, 0.25) is 0 Å². The zero-order valence-corrected chi connectivity index (χ0v) is 17.5. The second kappa shape index (κ2) is 8.40. The predicted octanol–water partition coefficient (Wildman–Crippen LogP) is 2.01. The Morgan fingerprint density at radius 2 is 2.12 bits per heavy atom. The number of hydrogen-bond donors (Lipinski definition) is 2. The molecule has 0 aliphatic carbocycles. The number of alkyl halides is 3. The molecule has 174 valence electrons. The first kappa shape index (κ1) is 21.8. The van der Waals surface area contributed by atoms with Crippen molar-refractivity contribution in [2.24, 2.45) is 0 Å². The van der Waals surface area contributed by atoms with Crippen LogP contribution in [0.15, 0.2) is 36.5 Å². The maximum atomic E-state index is 13.0. The number of pyridine rings is 1. The Morgan fingerprint density at radius 1 is 1.30 bits per heavy atom. The number of aliphatic hydroxyl groups is 1. The standard InChI is InChI=1S/C22H22F3N5O3/c23-22(24,25)14-7-16-20(27-9-14)30-6-5-29(10-19(30)28-16)21(32)18(31)12-33-11-17-15-4-2-1-3-13(15)8-26-17/h1-4,7,9,17-18,26,31H,5-6,8,10-12H2. The molecular weight excluding hydrogens is 439 g/mol. The molecule has 1 amide bonds. The highest BCUT2D eigenvalue weighted by Gasteiger charge is 2.33. The fourth-order valence-corrected chi connectivity index (χ4v) is 4.33. The van der Waals surface area contributed by atoms with Gasteiger partial charge in [0.25, 0.3) is 5.91 Å². The molecule has 5 rings (SSSR count). The predicted molar refractivity (Wildman–Crippen MR) is 111 cm³/mol. The Balaban J connectivity index is 1.20. The van der Waals surface area contributed by atoms with Crippen molar-refractivity contribution in [2.45, 2.75) is 38.0 Å². The molecule has 2 N–H and O–H groups in total. The van der Waals surface area contributed by atoms with Gasteiger partial charge in [0, 0.05) is 25.8 Å². The van der Waals surface area contributed by atoms with Gasteiger partial charge in [-0.05, 0) is 17.2 Å². The molecule has 3 aromatic rings. The van der Waals surface area contributed by atoms with E-state index in [9.17, 15) is 23.1 Å². The monoisotopic (exact) mass is 461 g/mol. The Kier molecular flexibility index (Phi) is 5.55. The number of fused-ring (bicyclic) bond motifs is 4. The van der Waals surface area contributed by atoms with Crippen LogP contribution in [-0.2, 0) is 35.3 Å². The van der Waals surface area contributed by atoms with Crippen molar-refractivity contribution in [3.05, 3.63) is 59.0 Å². The quantitative estimate of drug-likeness (QED) is 0.604. The zero-order chi connectivity index (χ0) is 23.2. The lowest BCUT2D eigenvalue weighted by molar-refractivity contribution is -0.145. The molecular formula is C22H22F3N5O3. The third kappa shape index (κ3) is 4.19. The number of carbonyl (C=O) groups excluding carboxylic acids is 1. The average Bonchev–Trinajstić information content (AvgIpc) is 3.38. The van der Waals surface area contributed by atoms with E-state index in [0.717, 1.165) is 24.4 Å². The fourth-order valence-electron chi connectivity index (χ4n) is 4.33. The maximum absolute atomic E-state index is 13.0. The number of nitrogens with one attached hydrogen (secondary N) is 1. The Bertz CT molecular complexity index is 1200. The number of nitrogens with zero attached hydrogens (tertiary/aromatic N) is 4. The van der Waals surface area contributed by atoms with Crippen molar-refractivity contribution in [1.82, 2.24) is 24.8 Å². The minimum absolute atomic E-state index is 0.00693. The van der Waals surface area contributed by atoms with Gasteiger partial charge < -0.3 is 24.6 Å². The van der Waals surface area contributed by atoms with Crippen LogP contribution >= 0.6 is 0 Å². The third-order valence-corrected chi connectivity index (χ3v) is 6.04. The summed E-state index contributed by atoms with van der Waals surface area (Å²) in [5.74, 6) is -0.0756. The number of ether oxygens (including phenoxy) is 1. The van der Waals surface area contributed by atoms with E-state index in [0.29, 0.717) is 24.6 Å². The van der Waals surface area contributed by atoms with Crippen LogP contribution in [0.5, 0.6) is 0 Å². The van der Waals surface area contributed by atoms with Crippen LogP contribution in [0.3, 0.4) is 0 Å². The Hall–Kier alpha value is -3.02. The lowest BCUT2D eigenvalue weighted by Gasteiger charge is -2.29. The molecule has 33 heavy (non-hydrogen) atoms. The van der Waals surface area contributed by atoms with Gasteiger partial charge >= 0.3 is 6.18 Å². The van der Waals surface area contributed by atoms with Crippen LogP contribution in [0, 0.1) is 0 Å². The Labute approximate surface area is 187 Å². The molecule has 0 spiro atoms. The highest BCUT2D eigenvalue weighted by atomic mass is 19.4. The van der Waals surface area contributed by atoms with Crippen molar-refractivity contribution in [1.29, 1.82) is 0 Å². The summed E-state index contributed by atoms with van der Waals surface area (Å²) in [5, 5.41) is 13.7. The molecule has 0 bridgehead atoms. The number of amides is 1. The number of aliphatic hydroxyl groups excluding tert-OH is 1. The van der Waals surface area contributed by atoms with E-state index in [4.69, 9.17) is 4.74 Å². The number of carbonyl (C=O) groups is 1. The SMILES string of the molecule is O=C(C(O)COCC1NCc2ccccc21)N1CCn2c(nc3cc(C(F)(F)F)cnc32)C1. The molecule has 2 aliphatic heterocycles. The first-order chi connectivity index (χ1) is 15.8. The highest BCUT2D eigenvalue weighted by molar-refractivity contribution is 5.81.